The van der Waals surface area contributed by atoms with Gasteiger partial charge in [0.2, 0.25) is 0 Å². The van der Waals surface area contributed by atoms with Gasteiger partial charge in [-0.05, 0) is 22.8 Å². The fourth-order valence-electron chi connectivity index (χ4n) is 2.90. The van der Waals surface area contributed by atoms with Crippen LogP contribution in [0.15, 0.2) is 78.9 Å². The summed E-state index contributed by atoms with van der Waals surface area (Å²) in [4.78, 5) is 12.4. The maximum Gasteiger partial charge on any atom is 0.430 e. The number of aliphatic hydroxyl groups is 1. The summed E-state index contributed by atoms with van der Waals surface area (Å²) in [5, 5.41) is 12.9. The largest absolute Gasteiger partial charge is 0.430 e. The van der Waals surface area contributed by atoms with Crippen LogP contribution in [0.5, 0.6) is 0 Å². The van der Waals surface area contributed by atoms with Crippen LogP contribution < -0.4 is 5.32 Å². The van der Waals surface area contributed by atoms with E-state index in [-0.39, 0.29) is 6.54 Å². The Bertz CT molecular complexity index is 991. The topological polar surface area (TPSA) is 49.3 Å². The number of benzene rings is 3. The van der Waals surface area contributed by atoms with Crippen molar-refractivity contribution in [3.05, 3.63) is 95.0 Å². The fourth-order valence-corrected chi connectivity index (χ4v) is 3.11. The number of halogens is 4. The Labute approximate surface area is 170 Å². The molecule has 150 valence electrons. The van der Waals surface area contributed by atoms with Crippen molar-refractivity contribution in [1.82, 2.24) is 5.32 Å². The lowest BCUT2D eigenvalue weighted by Crippen LogP contribution is -2.54. The summed E-state index contributed by atoms with van der Waals surface area (Å²) in [6.45, 7) is -0.251. The lowest BCUT2D eigenvalue weighted by molar-refractivity contribution is -0.257. The molecule has 0 bridgehead atoms. The molecule has 0 saturated heterocycles. The Balaban J connectivity index is 1.88. The molecule has 3 nitrogen and oxygen atoms in total. The zero-order valence-corrected chi connectivity index (χ0v) is 15.8. The lowest BCUT2D eigenvalue weighted by atomic mass is 9.90. The Hall–Kier alpha value is -2.83. The Kier molecular flexibility index (Phi) is 5.96. The molecule has 3 aromatic rings. The maximum absolute atomic E-state index is 13.7. The van der Waals surface area contributed by atoms with E-state index in [1.807, 2.05) is 6.07 Å². The average Bonchev–Trinajstić information content (AvgIpc) is 2.72. The zero-order chi connectivity index (χ0) is 21.1. The minimum absolute atomic E-state index is 0.251. The number of hydrogen-bond acceptors (Lipinski definition) is 2. The number of rotatable bonds is 5. The van der Waals surface area contributed by atoms with Gasteiger partial charge >= 0.3 is 6.18 Å². The van der Waals surface area contributed by atoms with Crippen LogP contribution in [-0.2, 0) is 16.9 Å². The quantitative estimate of drug-likeness (QED) is 0.606. The highest BCUT2D eigenvalue weighted by Crippen LogP contribution is 2.40. The van der Waals surface area contributed by atoms with Crippen molar-refractivity contribution >= 4 is 17.5 Å². The molecule has 0 radical (unpaired) electrons. The normalized spacial score (nSPS) is 13.6. The van der Waals surface area contributed by atoms with Crippen molar-refractivity contribution in [1.29, 1.82) is 0 Å². The average molecular weight is 420 g/mol. The summed E-state index contributed by atoms with van der Waals surface area (Å²) in [5.41, 5.74) is -2.36. The van der Waals surface area contributed by atoms with Gasteiger partial charge in [0.05, 0.1) is 0 Å². The first kappa shape index (κ1) is 20.9. The van der Waals surface area contributed by atoms with Gasteiger partial charge in [-0.1, -0.05) is 84.4 Å². The number of amides is 1. The van der Waals surface area contributed by atoms with Crippen LogP contribution in [0.1, 0.15) is 11.1 Å². The maximum atomic E-state index is 13.7. The third kappa shape index (κ3) is 4.28. The van der Waals surface area contributed by atoms with E-state index in [2.05, 4.69) is 5.32 Å². The van der Waals surface area contributed by atoms with Crippen molar-refractivity contribution in [3.8, 4) is 11.1 Å². The second kappa shape index (κ2) is 8.27. The lowest BCUT2D eigenvalue weighted by Gasteiger charge is -2.29. The summed E-state index contributed by atoms with van der Waals surface area (Å²) >= 11 is 5.97. The molecule has 0 spiro atoms. The molecule has 0 aliphatic carbocycles. The zero-order valence-electron chi connectivity index (χ0n) is 15.1. The number of hydrogen-bond donors (Lipinski definition) is 2. The van der Waals surface area contributed by atoms with Crippen LogP contribution >= 0.6 is 11.6 Å². The van der Waals surface area contributed by atoms with Gasteiger partial charge < -0.3 is 10.4 Å². The van der Waals surface area contributed by atoms with E-state index in [0.29, 0.717) is 16.1 Å². The highest BCUT2D eigenvalue weighted by atomic mass is 35.5. The molecule has 0 aromatic heterocycles. The van der Waals surface area contributed by atoms with E-state index in [9.17, 15) is 23.1 Å². The van der Waals surface area contributed by atoms with Crippen LogP contribution in [0.3, 0.4) is 0 Å². The van der Waals surface area contributed by atoms with Gasteiger partial charge in [0.15, 0.2) is 0 Å². The number of nitrogens with one attached hydrogen (secondary N) is 1. The molecule has 3 rings (SSSR count). The molecule has 1 atom stereocenters. The van der Waals surface area contributed by atoms with Gasteiger partial charge in [-0.15, -0.1) is 0 Å². The second-order valence-electron chi connectivity index (χ2n) is 6.43. The van der Waals surface area contributed by atoms with Crippen LogP contribution in [-0.4, -0.2) is 17.2 Å². The molecule has 0 aliphatic rings. The number of alkyl halides is 3. The summed E-state index contributed by atoms with van der Waals surface area (Å²) in [7, 11) is 0. The van der Waals surface area contributed by atoms with E-state index in [4.69, 9.17) is 11.6 Å². The van der Waals surface area contributed by atoms with Gasteiger partial charge in [0.25, 0.3) is 11.5 Å². The molecular weight excluding hydrogens is 403 g/mol. The molecule has 29 heavy (non-hydrogen) atoms. The van der Waals surface area contributed by atoms with Gasteiger partial charge in [0.1, 0.15) is 0 Å². The van der Waals surface area contributed by atoms with Crippen molar-refractivity contribution in [2.45, 2.75) is 18.3 Å². The highest BCUT2D eigenvalue weighted by molar-refractivity contribution is 6.31. The monoisotopic (exact) mass is 419 g/mol. The standard InChI is InChI=1S/C22H17ClF3NO2/c23-19-9-5-4-8-17(19)14-27-20(28)21(29,22(24,25)26)18-12-10-16(11-13-18)15-6-2-1-3-7-15/h1-13,29H,14H2,(H,27,28). The van der Waals surface area contributed by atoms with E-state index in [0.717, 1.165) is 17.7 Å². The minimum atomic E-state index is -5.22. The molecule has 0 saturated carbocycles. The van der Waals surface area contributed by atoms with E-state index in [1.165, 1.54) is 12.1 Å². The SMILES string of the molecule is O=C(NCc1ccccc1Cl)C(O)(c1ccc(-c2ccccc2)cc1)C(F)(F)F. The van der Waals surface area contributed by atoms with E-state index >= 15 is 0 Å². The summed E-state index contributed by atoms with van der Waals surface area (Å²) in [5.74, 6) is -1.57. The first-order chi connectivity index (χ1) is 13.7. The molecule has 0 fully saturated rings. The molecule has 7 heteroatoms. The van der Waals surface area contributed by atoms with Crippen molar-refractivity contribution < 1.29 is 23.1 Å². The second-order valence-corrected chi connectivity index (χ2v) is 6.83. The smallest absolute Gasteiger partial charge is 0.369 e. The van der Waals surface area contributed by atoms with Crippen LogP contribution in [0.2, 0.25) is 5.02 Å². The van der Waals surface area contributed by atoms with Gasteiger partial charge in [0, 0.05) is 17.1 Å². The van der Waals surface area contributed by atoms with Gasteiger partial charge in [-0.25, -0.2) is 0 Å². The Morgan fingerprint density at radius 3 is 2.00 bits per heavy atom. The Morgan fingerprint density at radius 1 is 0.862 bits per heavy atom. The van der Waals surface area contributed by atoms with Crippen LogP contribution in [0.4, 0.5) is 13.2 Å². The van der Waals surface area contributed by atoms with E-state index in [1.54, 1.807) is 48.5 Å². The minimum Gasteiger partial charge on any atom is -0.369 e. The molecule has 3 aromatic carbocycles. The van der Waals surface area contributed by atoms with Gasteiger partial charge in [-0.3, -0.25) is 4.79 Å². The highest BCUT2D eigenvalue weighted by Gasteiger charge is 2.60. The molecule has 0 aliphatic heterocycles. The van der Waals surface area contributed by atoms with Crippen molar-refractivity contribution in [2.75, 3.05) is 0 Å². The predicted octanol–water partition coefficient (Wildman–Crippen LogP) is 5.07. The summed E-state index contributed by atoms with van der Waals surface area (Å²) in [6.07, 6.45) is -5.22. The fraction of sp³-hybridized carbons (Fsp3) is 0.136. The first-order valence-corrected chi connectivity index (χ1v) is 9.08. The van der Waals surface area contributed by atoms with Crippen LogP contribution in [0.25, 0.3) is 11.1 Å². The molecular formula is C22H17ClF3NO2. The molecule has 0 heterocycles. The molecule has 1 unspecified atom stereocenters. The number of carbonyl (C=O) groups excluding carboxylic acids is 1. The summed E-state index contributed by atoms with van der Waals surface area (Å²) in [6, 6.07) is 20.5. The van der Waals surface area contributed by atoms with Crippen molar-refractivity contribution in [3.63, 3.8) is 0 Å². The molecule has 1 amide bonds. The number of carbonyl (C=O) groups is 1. The predicted molar refractivity (Wildman–Crippen MR) is 105 cm³/mol. The van der Waals surface area contributed by atoms with Gasteiger partial charge in [-0.2, -0.15) is 13.2 Å². The van der Waals surface area contributed by atoms with E-state index < -0.39 is 23.2 Å². The van der Waals surface area contributed by atoms with Crippen LogP contribution in [0, 0.1) is 0 Å². The Morgan fingerprint density at radius 2 is 1.41 bits per heavy atom. The van der Waals surface area contributed by atoms with Crippen molar-refractivity contribution in [2.24, 2.45) is 0 Å². The third-order valence-corrected chi connectivity index (χ3v) is 4.91. The summed E-state index contributed by atoms with van der Waals surface area (Å²) < 4.78 is 41.2. The first-order valence-electron chi connectivity index (χ1n) is 8.70. The third-order valence-electron chi connectivity index (χ3n) is 4.55. The molecule has 2 N–H and O–H groups in total.